The molecule has 0 aliphatic carbocycles. The van der Waals surface area contributed by atoms with Crippen molar-refractivity contribution in [2.45, 2.75) is 5.25 Å². The molecule has 0 unspecified atom stereocenters. The number of hydrogen-bond acceptors (Lipinski definition) is 5. The minimum Gasteiger partial charge on any atom is -0.454 e. The maximum Gasteiger partial charge on any atom is 0.402 e. The third-order valence-electron chi connectivity index (χ3n) is 2.00. The number of rotatable bonds is 4. The van der Waals surface area contributed by atoms with Gasteiger partial charge in [-0.3, -0.25) is 4.55 Å². The van der Waals surface area contributed by atoms with Crippen molar-refractivity contribution in [3.05, 3.63) is 35.4 Å². The van der Waals surface area contributed by atoms with Crippen molar-refractivity contribution in [2.24, 2.45) is 0 Å². The Morgan fingerprint density at radius 3 is 2.32 bits per heavy atom. The van der Waals surface area contributed by atoms with E-state index in [1.54, 1.807) is 6.07 Å². The van der Waals surface area contributed by atoms with E-state index < -0.39 is 27.9 Å². The average Bonchev–Trinajstić information content (AvgIpc) is 2.35. The first-order chi connectivity index (χ1) is 8.67. The van der Waals surface area contributed by atoms with Gasteiger partial charge in [-0.1, -0.05) is 0 Å². The fourth-order valence-electron chi connectivity index (χ4n) is 0.988. The highest BCUT2D eigenvalue weighted by molar-refractivity contribution is 7.86. The minimum absolute atomic E-state index is 0.134. The van der Waals surface area contributed by atoms with Gasteiger partial charge in [0.05, 0.1) is 17.2 Å². The first-order valence-electron chi connectivity index (χ1n) is 4.69. The van der Waals surface area contributed by atoms with Crippen LogP contribution in [0.4, 0.5) is 8.78 Å². The Bertz CT molecular complexity index is 618. The molecule has 1 aromatic carbocycles. The van der Waals surface area contributed by atoms with Crippen molar-refractivity contribution in [3.63, 3.8) is 0 Å². The second-order valence-corrected chi connectivity index (χ2v) is 4.93. The van der Waals surface area contributed by atoms with Crippen LogP contribution >= 0.6 is 0 Å². The molecule has 0 spiro atoms. The molecule has 0 aliphatic heterocycles. The predicted molar refractivity (Wildman–Crippen MR) is 57.9 cm³/mol. The fourth-order valence-corrected chi connectivity index (χ4v) is 1.20. The zero-order chi connectivity index (χ0) is 14.7. The van der Waals surface area contributed by atoms with Crippen molar-refractivity contribution in [1.82, 2.24) is 0 Å². The summed E-state index contributed by atoms with van der Waals surface area (Å²) in [6.07, 6.45) is 0. The van der Waals surface area contributed by atoms with E-state index in [9.17, 15) is 22.0 Å². The van der Waals surface area contributed by atoms with Crippen LogP contribution in [0.2, 0.25) is 0 Å². The molecule has 0 heterocycles. The Morgan fingerprint density at radius 2 is 1.89 bits per heavy atom. The lowest BCUT2D eigenvalue weighted by Crippen LogP contribution is -2.34. The van der Waals surface area contributed by atoms with Crippen LogP contribution in [0.15, 0.2) is 24.3 Å². The standard InChI is InChI=1S/C10H7F2NO5S/c11-10(12,19(15,16)17)6-18-9(14)8-3-1-7(5-13)2-4-8/h1-4H,6H2,(H,15,16,17). The molecular weight excluding hydrogens is 284 g/mol. The maximum atomic E-state index is 12.8. The maximum absolute atomic E-state index is 12.8. The molecule has 0 aliphatic rings. The van der Waals surface area contributed by atoms with Crippen LogP contribution in [0.25, 0.3) is 0 Å². The summed E-state index contributed by atoms with van der Waals surface area (Å²) in [4.78, 5) is 11.3. The zero-order valence-electron chi connectivity index (χ0n) is 9.21. The lowest BCUT2D eigenvalue weighted by molar-refractivity contribution is -0.00950. The molecule has 0 bridgehead atoms. The molecule has 19 heavy (non-hydrogen) atoms. The summed E-state index contributed by atoms with van der Waals surface area (Å²) >= 11 is 0. The average molecular weight is 291 g/mol. The molecule has 0 atom stereocenters. The molecule has 1 N–H and O–H groups in total. The van der Waals surface area contributed by atoms with Crippen molar-refractivity contribution in [3.8, 4) is 6.07 Å². The predicted octanol–water partition coefficient (Wildman–Crippen LogP) is 1.20. The summed E-state index contributed by atoms with van der Waals surface area (Å²) in [6.45, 7) is -1.80. The summed E-state index contributed by atoms with van der Waals surface area (Å²) in [5, 5.41) is 3.93. The van der Waals surface area contributed by atoms with Crippen LogP contribution in [-0.2, 0) is 14.9 Å². The van der Waals surface area contributed by atoms with Gasteiger partial charge in [0.2, 0.25) is 0 Å². The number of ether oxygens (including phenoxy) is 1. The lowest BCUT2D eigenvalue weighted by atomic mass is 10.1. The van der Waals surface area contributed by atoms with Gasteiger partial charge in [0, 0.05) is 0 Å². The number of esters is 1. The summed E-state index contributed by atoms with van der Waals surface area (Å²) in [5.74, 6) is -1.20. The van der Waals surface area contributed by atoms with Crippen molar-refractivity contribution >= 4 is 16.1 Å². The molecule has 0 aromatic heterocycles. The molecular formula is C10H7F2NO5S. The fraction of sp³-hybridized carbons (Fsp3) is 0.200. The van der Waals surface area contributed by atoms with Crippen LogP contribution in [-0.4, -0.2) is 30.8 Å². The molecule has 0 saturated carbocycles. The third kappa shape index (κ3) is 3.70. The van der Waals surface area contributed by atoms with Crippen LogP contribution in [0.1, 0.15) is 15.9 Å². The van der Waals surface area contributed by atoms with Crippen LogP contribution in [0, 0.1) is 11.3 Å². The third-order valence-corrected chi connectivity index (χ3v) is 2.87. The summed E-state index contributed by atoms with van der Waals surface area (Å²) in [7, 11) is -5.64. The Kier molecular flexibility index (Phi) is 4.18. The largest absolute Gasteiger partial charge is 0.454 e. The summed E-state index contributed by atoms with van der Waals surface area (Å²) in [5.41, 5.74) is 0.116. The number of nitriles is 1. The molecule has 1 rings (SSSR count). The monoisotopic (exact) mass is 291 g/mol. The van der Waals surface area contributed by atoms with Gasteiger partial charge in [0.25, 0.3) is 0 Å². The molecule has 0 fully saturated rings. The molecule has 0 radical (unpaired) electrons. The number of carbonyl (C=O) groups is 1. The highest BCUT2D eigenvalue weighted by Gasteiger charge is 2.45. The minimum atomic E-state index is -5.64. The van der Waals surface area contributed by atoms with Crippen molar-refractivity contribution in [1.29, 1.82) is 5.26 Å². The lowest BCUT2D eigenvalue weighted by Gasteiger charge is -2.12. The number of nitrogens with zero attached hydrogens (tertiary/aromatic N) is 1. The molecule has 0 saturated heterocycles. The van der Waals surface area contributed by atoms with Gasteiger partial charge < -0.3 is 4.74 Å². The first kappa shape index (κ1) is 15.0. The SMILES string of the molecule is N#Cc1ccc(C(=O)OCC(F)(F)S(=O)(=O)O)cc1. The second-order valence-electron chi connectivity index (χ2n) is 3.38. The number of carbonyl (C=O) groups excluding carboxylic acids is 1. The Labute approximate surface area is 107 Å². The van der Waals surface area contributed by atoms with Crippen LogP contribution in [0.5, 0.6) is 0 Å². The van der Waals surface area contributed by atoms with Gasteiger partial charge >= 0.3 is 21.3 Å². The van der Waals surface area contributed by atoms with E-state index in [1.165, 1.54) is 12.1 Å². The summed E-state index contributed by atoms with van der Waals surface area (Å²) < 4.78 is 58.3. The molecule has 6 nitrogen and oxygen atoms in total. The topological polar surface area (TPSA) is 104 Å². The zero-order valence-corrected chi connectivity index (χ0v) is 10.0. The smallest absolute Gasteiger partial charge is 0.402 e. The second kappa shape index (κ2) is 5.29. The van der Waals surface area contributed by atoms with E-state index in [2.05, 4.69) is 4.74 Å². The molecule has 1 aromatic rings. The van der Waals surface area contributed by atoms with E-state index in [4.69, 9.17) is 9.81 Å². The number of alkyl halides is 2. The Balaban J connectivity index is 2.74. The first-order valence-corrected chi connectivity index (χ1v) is 6.13. The van der Waals surface area contributed by atoms with E-state index in [0.29, 0.717) is 0 Å². The van der Waals surface area contributed by atoms with Gasteiger partial charge in [-0.25, -0.2) is 4.79 Å². The van der Waals surface area contributed by atoms with Gasteiger partial charge in [-0.15, -0.1) is 0 Å². The molecule has 9 heteroatoms. The normalized spacial score (nSPS) is 11.7. The number of hydrogen-bond donors (Lipinski definition) is 1. The number of benzene rings is 1. The summed E-state index contributed by atoms with van der Waals surface area (Å²) in [6, 6.07) is 6.63. The van der Waals surface area contributed by atoms with Crippen molar-refractivity contribution in [2.75, 3.05) is 6.61 Å². The highest BCUT2D eigenvalue weighted by Crippen LogP contribution is 2.21. The number of halogens is 2. The van der Waals surface area contributed by atoms with Crippen LogP contribution < -0.4 is 0 Å². The van der Waals surface area contributed by atoms with Gasteiger partial charge in [0.15, 0.2) is 6.61 Å². The van der Waals surface area contributed by atoms with Crippen LogP contribution in [0.3, 0.4) is 0 Å². The molecule has 102 valence electrons. The van der Waals surface area contributed by atoms with Gasteiger partial charge in [-0.05, 0) is 24.3 Å². The van der Waals surface area contributed by atoms with E-state index in [-0.39, 0.29) is 11.1 Å². The van der Waals surface area contributed by atoms with Gasteiger partial charge in [-0.2, -0.15) is 22.5 Å². The molecule has 0 amide bonds. The van der Waals surface area contributed by atoms with E-state index >= 15 is 0 Å². The Hall–Kier alpha value is -2.05. The Morgan fingerprint density at radius 1 is 1.37 bits per heavy atom. The van der Waals surface area contributed by atoms with E-state index in [1.807, 2.05) is 0 Å². The highest BCUT2D eigenvalue weighted by atomic mass is 32.2. The quantitative estimate of drug-likeness (QED) is 0.660. The van der Waals surface area contributed by atoms with Gasteiger partial charge in [0.1, 0.15) is 0 Å². The van der Waals surface area contributed by atoms with Crippen molar-refractivity contribution < 1.29 is 31.3 Å². The van der Waals surface area contributed by atoms with E-state index in [0.717, 1.165) is 12.1 Å².